The van der Waals surface area contributed by atoms with Gasteiger partial charge in [-0.2, -0.15) is 0 Å². The standard InChI is InChI=1S/C23H39N5O.HI/c1-5-18(3)27-22(29)20-12-10-19(11-13-20)17-26-23(24-4)25-14-16-28-15-8-7-9-21(28)6-2;/h10-13,18,21H,5-9,14-17H2,1-4H3,(H,27,29)(H2,24,25,26);1H. The minimum absolute atomic E-state index is 0. The van der Waals surface area contributed by atoms with Crippen molar-refractivity contribution in [1.29, 1.82) is 0 Å². The Kier molecular flexibility index (Phi) is 13.0. The molecule has 1 amide bonds. The van der Waals surface area contributed by atoms with Crippen molar-refractivity contribution in [3.63, 3.8) is 0 Å². The third-order valence-corrected chi connectivity index (χ3v) is 5.80. The van der Waals surface area contributed by atoms with Crippen molar-refractivity contribution >= 4 is 35.8 Å². The van der Waals surface area contributed by atoms with Gasteiger partial charge in [-0.15, -0.1) is 24.0 Å². The van der Waals surface area contributed by atoms with Crippen molar-refractivity contribution < 1.29 is 4.79 Å². The van der Waals surface area contributed by atoms with E-state index in [1.54, 1.807) is 7.05 Å². The van der Waals surface area contributed by atoms with E-state index in [0.29, 0.717) is 12.1 Å². The summed E-state index contributed by atoms with van der Waals surface area (Å²) < 4.78 is 0. The maximum absolute atomic E-state index is 12.2. The predicted octanol–water partition coefficient (Wildman–Crippen LogP) is 3.76. The van der Waals surface area contributed by atoms with Gasteiger partial charge in [-0.25, -0.2) is 0 Å². The molecule has 1 aromatic rings. The van der Waals surface area contributed by atoms with Crippen LogP contribution in [0.1, 0.15) is 68.8 Å². The highest BCUT2D eigenvalue weighted by molar-refractivity contribution is 14.0. The Balaban J connectivity index is 0.00000450. The first-order chi connectivity index (χ1) is 14.1. The van der Waals surface area contributed by atoms with Crippen LogP contribution in [0.2, 0.25) is 0 Å². The fourth-order valence-corrected chi connectivity index (χ4v) is 3.72. The summed E-state index contributed by atoms with van der Waals surface area (Å²) in [5, 5.41) is 9.78. The summed E-state index contributed by atoms with van der Waals surface area (Å²) >= 11 is 0. The van der Waals surface area contributed by atoms with Crippen LogP contribution in [-0.2, 0) is 6.54 Å². The van der Waals surface area contributed by atoms with Gasteiger partial charge in [0.15, 0.2) is 5.96 Å². The van der Waals surface area contributed by atoms with Crippen LogP contribution >= 0.6 is 24.0 Å². The first kappa shape index (κ1) is 26.7. The monoisotopic (exact) mass is 529 g/mol. The molecular formula is C23H40IN5O. The second-order valence-corrected chi connectivity index (χ2v) is 7.93. The van der Waals surface area contributed by atoms with Crippen LogP contribution in [0.5, 0.6) is 0 Å². The first-order valence-corrected chi connectivity index (χ1v) is 11.2. The molecule has 0 aromatic heterocycles. The summed E-state index contributed by atoms with van der Waals surface area (Å²) in [6, 6.07) is 8.67. The van der Waals surface area contributed by atoms with Crippen molar-refractivity contribution in [2.24, 2.45) is 4.99 Å². The van der Waals surface area contributed by atoms with Gasteiger partial charge in [0.2, 0.25) is 0 Å². The Bertz CT molecular complexity index is 649. The zero-order valence-corrected chi connectivity index (χ0v) is 21.4. The Morgan fingerprint density at radius 1 is 1.20 bits per heavy atom. The summed E-state index contributed by atoms with van der Waals surface area (Å²) in [4.78, 5) is 19.1. The van der Waals surface area contributed by atoms with E-state index in [1.807, 2.05) is 31.2 Å². The number of benzene rings is 1. The van der Waals surface area contributed by atoms with Gasteiger partial charge in [0.05, 0.1) is 0 Å². The molecule has 170 valence electrons. The van der Waals surface area contributed by atoms with Gasteiger partial charge in [-0.05, 0) is 56.8 Å². The molecule has 30 heavy (non-hydrogen) atoms. The molecule has 1 saturated heterocycles. The Morgan fingerprint density at radius 3 is 2.57 bits per heavy atom. The lowest BCUT2D eigenvalue weighted by Crippen LogP contribution is -2.45. The minimum atomic E-state index is -0.0144. The van der Waals surface area contributed by atoms with Gasteiger partial charge in [0.1, 0.15) is 0 Å². The number of guanidine groups is 1. The SMILES string of the molecule is CCC(C)NC(=O)c1ccc(CNC(=NC)NCCN2CCCCC2CC)cc1.I. The molecule has 1 heterocycles. The van der Waals surface area contributed by atoms with Gasteiger partial charge < -0.3 is 16.0 Å². The fourth-order valence-electron chi connectivity index (χ4n) is 3.72. The van der Waals surface area contributed by atoms with Crippen molar-refractivity contribution in [1.82, 2.24) is 20.9 Å². The average molecular weight is 530 g/mol. The van der Waals surface area contributed by atoms with E-state index < -0.39 is 0 Å². The number of aliphatic imine (C=N–C) groups is 1. The molecule has 0 aliphatic carbocycles. The number of nitrogens with one attached hydrogen (secondary N) is 3. The second-order valence-electron chi connectivity index (χ2n) is 7.93. The number of rotatable bonds is 9. The van der Waals surface area contributed by atoms with Gasteiger partial charge in [-0.1, -0.05) is 32.4 Å². The molecular weight excluding hydrogens is 489 g/mol. The Hall–Kier alpha value is -1.35. The van der Waals surface area contributed by atoms with Crippen LogP contribution in [0.3, 0.4) is 0 Å². The number of carbonyl (C=O) groups excluding carboxylic acids is 1. The first-order valence-electron chi connectivity index (χ1n) is 11.2. The number of likely N-dealkylation sites (tertiary alicyclic amines) is 1. The average Bonchev–Trinajstić information content (AvgIpc) is 2.76. The van der Waals surface area contributed by atoms with Crippen molar-refractivity contribution in [2.75, 3.05) is 26.7 Å². The highest BCUT2D eigenvalue weighted by Gasteiger charge is 2.19. The van der Waals surface area contributed by atoms with Gasteiger partial charge in [-0.3, -0.25) is 14.7 Å². The molecule has 1 aliphatic heterocycles. The van der Waals surface area contributed by atoms with E-state index in [1.165, 1.54) is 32.2 Å². The highest BCUT2D eigenvalue weighted by atomic mass is 127. The van der Waals surface area contributed by atoms with Crippen LogP contribution in [0.15, 0.2) is 29.3 Å². The number of piperidine rings is 1. The normalized spacial score (nSPS) is 18.3. The van der Waals surface area contributed by atoms with E-state index in [4.69, 9.17) is 0 Å². The van der Waals surface area contributed by atoms with Crippen LogP contribution in [0, 0.1) is 0 Å². The zero-order valence-electron chi connectivity index (χ0n) is 19.0. The molecule has 0 radical (unpaired) electrons. The summed E-state index contributed by atoms with van der Waals surface area (Å²) in [5.41, 5.74) is 1.82. The molecule has 6 nitrogen and oxygen atoms in total. The topological polar surface area (TPSA) is 68.8 Å². The maximum atomic E-state index is 12.2. The molecule has 1 aromatic carbocycles. The predicted molar refractivity (Wildman–Crippen MR) is 137 cm³/mol. The van der Waals surface area contributed by atoms with E-state index >= 15 is 0 Å². The van der Waals surface area contributed by atoms with Crippen LogP contribution in [0.25, 0.3) is 0 Å². The number of carbonyl (C=O) groups is 1. The smallest absolute Gasteiger partial charge is 0.251 e. The number of halogens is 1. The van der Waals surface area contributed by atoms with Gasteiger partial charge in [0, 0.05) is 44.3 Å². The lowest BCUT2D eigenvalue weighted by Gasteiger charge is -2.35. The molecule has 2 atom stereocenters. The Morgan fingerprint density at radius 2 is 1.93 bits per heavy atom. The quantitative estimate of drug-likeness (QED) is 0.259. The van der Waals surface area contributed by atoms with E-state index in [2.05, 4.69) is 39.7 Å². The largest absolute Gasteiger partial charge is 0.355 e. The number of hydrogen-bond donors (Lipinski definition) is 3. The molecule has 0 spiro atoms. The van der Waals surface area contributed by atoms with Crippen molar-refractivity contribution in [2.45, 2.75) is 71.5 Å². The maximum Gasteiger partial charge on any atom is 0.251 e. The van der Waals surface area contributed by atoms with Crippen molar-refractivity contribution in [3.05, 3.63) is 35.4 Å². The molecule has 0 bridgehead atoms. The van der Waals surface area contributed by atoms with Crippen LogP contribution < -0.4 is 16.0 Å². The van der Waals surface area contributed by atoms with Crippen molar-refractivity contribution in [3.8, 4) is 0 Å². The highest BCUT2D eigenvalue weighted by Crippen LogP contribution is 2.18. The molecule has 3 N–H and O–H groups in total. The molecule has 0 saturated carbocycles. The number of hydrogen-bond acceptors (Lipinski definition) is 3. The van der Waals surface area contributed by atoms with Gasteiger partial charge in [0.25, 0.3) is 5.91 Å². The summed E-state index contributed by atoms with van der Waals surface area (Å²) in [5.74, 6) is 0.799. The summed E-state index contributed by atoms with van der Waals surface area (Å²) in [6.07, 6.45) is 6.17. The lowest BCUT2D eigenvalue weighted by molar-refractivity contribution is 0.0939. The second kappa shape index (κ2) is 14.6. The lowest BCUT2D eigenvalue weighted by atomic mass is 10.0. The Labute approximate surface area is 199 Å². The third-order valence-electron chi connectivity index (χ3n) is 5.80. The van der Waals surface area contributed by atoms with E-state index in [9.17, 15) is 4.79 Å². The van der Waals surface area contributed by atoms with Gasteiger partial charge >= 0.3 is 0 Å². The molecule has 1 fully saturated rings. The van der Waals surface area contributed by atoms with Crippen LogP contribution in [0.4, 0.5) is 0 Å². The van der Waals surface area contributed by atoms with E-state index in [0.717, 1.165) is 37.1 Å². The fraction of sp³-hybridized carbons (Fsp3) is 0.652. The molecule has 7 heteroatoms. The number of amides is 1. The van der Waals surface area contributed by atoms with E-state index in [-0.39, 0.29) is 35.9 Å². The third kappa shape index (κ3) is 8.79. The minimum Gasteiger partial charge on any atom is -0.355 e. The summed E-state index contributed by atoms with van der Waals surface area (Å²) in [7, 11) is 1.80. The summed E-state index contributed by atoms with van der Waals surface area (Å²) in [6.45, 7) is 10.2. The number of nitrogens with zero attached hydrogens (tertiary/aromatic N) is 2. The molecule has 2 unspecified atom stereocenters. The molecule has 2 rings (SSSR count). The van der Waals surface area contributed by atoms with Crippen LogP contribution in [-0.4, -0.2) is 55.5 Å². The molecule has 1 aliphatic rings. The zero-order chi connectivity index (χ0) is 21.1.